The summed E-state index contributed by atoms with van der Waals surface area (Å²) in [5, 5.41) is 3.60. The minimum absolute atomic E-state index is 0.0354. The number of halogens is 1. The summed E-state index contributed by atoms with van der Waals surface area (Å²) in [4.78, 5) is 17.1. The second-order valence-electron chi connectivity index (χ2n) is 7.89. The highest BCUT2D eigenvalue weighted by Gasteiger charge is 2.12. The standard InChI is InChI=1S/C27H28ClN3O3/c1-33-24-13-6-7-14-25(24)34-18-17-31-23-12-5-4-11-22(23)30-26(31)15-8-16-29-27(32)19-20-9-2-3-10-21(20)28/h2-7,9-14H,8,15-19H2,1H3,(H,29,32). The van der Waals surface area contributed by atoms with Gasteiger partial charge >= 0.3 is 0 Å². The molecule has 0 bridgehead atoms. The third-order valence-corrected chi connectivity index (χ3v) is 5.95. The van der Waals surface area contributed by atoms with E-state index in [1.807, 2.05) is 60.7 Å². The number of fused-ring (bicyclic) bond motifs is 1. The molecule has 0 aliphatic rings. The molecule has 1 N–H and O–H groups in total. The predicted octanol–water partition coefficient (Wildman–Crippen LogP) is 5.07. The second-order valence-corrected chi connectivity index (χ2v) is 8.30. The first-order valence-electron chi connectivity index (χ1n) is 11.4. The van der Waals surface area contributed by atoms with Gasteiger partial charge in [0, 0.05) is 18.0 Å². The minimum Gasteiger partial charge on any atom is -0.493 e. The van der Waals surface area contributed by atoms with Gasteiger partial charge in [-0.2, -0.15) is 0 Å². The number of rotatable bonds is 11. The number of hydrogen-bond acceptors (Lipinski definition) is 4. The number of carbonyl (C=O) groups is 1. The smallest absolute Gasteiger partial charge is 0.224 e. The number of methoxy groups -OCH3 is 1. The van der Waals surface area contributed by atoms with E-state index in [1.54, 1.807) is 13.2 Å². The summed E-state index contributed by atoms with van der Waals surface area (Å²) in [5.74, 6) is 2.37. The molecule has 0 saturated carbocycles. The van der Waals surface area contributed by atoms with Gasteiger partial charge in [-0.1, -0.05) is 54.1 Å². The maximum Gasteiger partial charge on any atom is 0.224 e. The zero-order valence-electron chi connectivity index (χ0n) is 19.2. The van der Waals surface area contributed by atoms with Crippen molar-refractivity contribution in [3.05, 3.63) is 89.2 Å². The van der Waals surface area contributed by atoms with E-state index >= 15 is 0 Å². The van der Waals surface area contributed by atoms with E-state index < -0.39 is 0 Å². The maximum atomic E-state index is 12.3. The van der Waals surface area contributed by atoms with Crippen LogP contribution in [0.4, 0.5) is 0 Å². The molecular formula is C27H28ClN3O3. The number of imidazole rings is 1. The molecule has 3 aromatic carbocycles. The zero-order valence-corrected chi connectivity index (χ0v) is 19.9. The van der Waals surface area contributed by atoms with Crippen LogP contribution in [0.1, 0.15) is 17.8 Å². The molecular weight excluding hydrogens is 450 g/mol. The number of hydrogen-bond donors (Lipinski definition) is 1. The molecule has 0 spiro atoms. The Kier molecular flexibility index (Phi) is 8.04. The molecule has 0 atom stereocenters. The molecule has 4 aromatic rings. The lowest BCUT2D eigenvalue weighted by Crippen LogP contribution is -2.26. The van der Waals surface area contributed by atoms with Crippen LogP contribution in [0.2, 0.25) is 5.02 Å². The molecule has 4 rings (SSSR count). The lowest BCUT2D eigenvalue weighted by Gasteiger charge is -2.13. The van der Waals surface area contributed by atoms with Crippen molar-refractivity contribution in [2.45, 2.75) is 25.8 Å². The van der Waals surface area contributed by atoms with Crippen molar-refractivity contribution in [1.29, 1.82) is 0 Å². The van der Waals surface area contributed by atoms with Crippen LogP contribution in [-0.4, -0.2) is 35.7 Å². The molecule has 176 valence electrons. The second kappa shape index (κ2) is 11.6. The molecule has 0 unspecified atom stereocenters. The van der Waals surface area contributed by atoms with Gasteiger partial charge in [-0.15, -0.1) is 0 Å². The number of carbonyl (C=O) groups excluding carboxylic acids is 1. The Balaban J connectivity index is 1.34. The summed E-state index contributed by atoms with van der Waals surface area (Å²) >= 11 is 6.16. The van der Waals surface area contributed by atoms with Gasteiger partial charge in [-0.05, 0) is 42.3 Å². The van der Waals surface area contributed by atoms with Crippen molar-refractivity contribution in [2.75, 3.05) is 20.3 Å². The van der Waals surface area contributed by atoms with E-state index in [9.17, 15) is 4.79 Å². The summed E-state index contributed by atoms with van der Waals surface area (Å²) in [6, 6.07) is 23.1. The molecule has 7 heteroatoms. The van der Waals surface area contributed by atoms with Crippen molar-refractivity contribution in [3.8, 4) is 11.5 Å². The minimum atomic E-state index is -0.0354. The summed E-state index contributed by atoms with van der Waals surface area (Å²) in [6.45, 7) is 1.72. The maximum absolute atomic E-state index is 12.3. The molecule has 1 aromatic heterocycles. The molecule has 0 aliphatic heterocycles. The first-order chi connectivity index (χ1) is 16.7. The van der Waals surface area contributed by atoms with E-state index in [-0.39, 0.29) is 12.3 Å². The first kappa shape index (κ1) is 23.6. The highest BCUT2D eigenvalue weighted by molar-refractivity contribution is 6.31. The van der Waals surface area contributed by atoms with Gasteiger partial charge in [0.05, 0.1) is 31.1 Å². The number of nitrogens with one attached hydrogen (secondary N) is 1. The molecule has 0 aliphatic carbocycles. The number of amides is 1. The average Bonchev–Trinajstić information content (AvgIpc) is 3.21. The van der Waals surface area contributed by atoms with E-state index in [4.69, 9.17) is 26.1 Å². The van der Waals surface area contributed by atoms with Gasteiger partial charge < -0.3 is 19.4 Å². The van der Waals surface area contributed by atoms with Crippen LogP contribution < -0.4 is 14.8 Å². The molecule has 0 saturated heterocycles. The van der Waals surface area contributed by atoms with Crippen LogP contribution >= 0.6 is 11.6 Å². The van der Waals surface area contributed by atoms with E-state index in [0.29, 0.717) is 30.5 Å². The lowest BCUT2D eigenvalue weighted by molar-refractivity contribution is -0.120. The van der Waals surface area contributed by atoms with Crippen LogP contribution in [0.25, 0.3) is 11.0 Å². The van der Waals surface area contributed by atoms with Crippen LogP contribution in [0.15, 0.2) is 72.8 Å². The predicted molar refractivity (Wildman–Crippen MR) is 135 cm³/mol. The van der Waals surface area contributed by atoms with Crippen molar-refractivity contribution >= 4 is 28.5 Å². The third kappa shape index (κ3) is 5.88. The third-order valence-electron chi connectivity index (χ3n) is 5.58. The SMILES string of the molecule is COc1ccccc1OCCn1c(CCCNC(=O)Cc2ccccc2Cl)nc2ccccc21. The fraction of sp³-hybridized carbons (Fsp3) is 0.259. The average molecular weight is 478 g/mol. The van der Waals surface area contributed by atoms with E-state index in [2.05, 4.69) is 16.0 Å². The largest absolute Gasteiger partial charge is 0.493 e. The Bertz CT molecular complexity index is 1250. The molecule has 1 amide bonds. The fourth-order valence-electron chi connectivity index (χ4n) is 3.90. The number of aromatic nitrogens is 2. The van der Waals surface area contributed by atoms with E-state index in [1.165, 1.54) is 0 Å². The van der Waals surface area contributed by atoms with E-state index in [0.717, 1.165) is 41.0 Å². The lowest BCUT2D eigenvalue weighted by atomic mass is 10.1. The molecule has 0 radical (unpaired) electrons. The van der Waals surface area contributed by atoms with Crippen LogP contribution in [0.5, 0.6) is 11.5 Å². The Morgan fingerprint density at radius 3 is 2.56 bits per heavy atom. The summed E-state index contributed by atoms with van der Waals surface area (Å²) in [5.41, 5.74) is 2.86. The van der Waals surface area contributed by atoms with Gasteiger partial charge in [-0.25, -0.2) is 4.98 Å². The zero-order chi connectivity index (χ0) is 23.8. The monoisotopic (exact) mass is 477 g/mol. The van der Waals surface area contributed by atoms with Crippen LogP contribution in [0.3, 0.4) is 0 Å². The quantitative estimate of drug-likeness (QED) is 0.306. The number of para-hydroxylation sites is 4. The highest BCUT2D eigenvalue weighted by atomic mass is 35.5. The number of aryl methyl sites for hydroxylation is 1. The normalized spacial score (nSPS) is 10.9. The van der Waals surface area contributed by atoms with Crippen molar-refractivity contribution in [2.24, 2.45) is 0 Å². The topological polar surface area (TPSA) is 65.4 Å². The molecule has 34 heavy (non-hydrogen) atoms. The Labute approximate surface area is 204 Å². The van der Waals surface area contributed by atoms with Crippen molar-refractivity contribution in [1.82, 2.24) is 14.9 Å². The fourth-order valence-corrected chi connectivity index (χ4v) is 4.10. The Morgan fingerprint density at radius 2 is 1.74 bits per heavy atom. The summed E-state index contributed by atoms with van der Waals surface area (Å²) < 4.78 is 13.5. The van der Waals surface area contributed by atoms with Gasteiger partial charge in [0.25, 0.3) is 0 Å². The number of nitrogens with zero attached hydrogens (tertiary/aromatic N) is 2. The van der Waals surface area contributed by atoms with Gasteiger partial charge in [0.1, 0.15) is 12.4 Å². The summed E-state index contributed by atoms with van der Waals surface area (Å²) in [7, 11) is 1.64. The first-order valence-corrected chi connectivity index (χ1v) is 11.7. The number of ether oxygens (including phenoxy) is 2. The molecule has 0 fully saturated rings. The summed E-state index contributed by atoms with van der Waals surface area (Å²) in [6.07, 6.45) is 1.80. The molecule has 6 nitrogen and oxygen atoms in total. The van der Waals surface area contributed by atoms with Crippen LogP contribution in [0, 0.1) is 0 Å². The van der Waals surface area contributed by atoms with Crippen molar-refractivity contribution < 1.29 is 14.3 Å². The molecule has 1 heterocycles. The van der Waals surface area contributed by atoms with Gasteiger partial charge in [-0.3, -0.25) is 4.79 Å². The number of benzene rings is 3. The Morgan fingerprint density at radius 1 is 1.00 bits per heavy atom. The highest BCUT2D eigenvalue weighted by Crippen LogP contribution is 2.26. The van der Waals surface area contributed by atoms with Crippen molar-refractivity contribution in [3.63, 3.8) is 0 Å². The van der Waals surface area contributed by atoms with Gasteiger partial charge in [0.15, 0.2) is 11.5 Å². The Hall–Kier alpha value is -3.51. The van der Waals surface area contributed by atoms with Gasteiger partial charge in [0.2, 0.25) is 5.91 Å². The van der Waals surface area contributed by atoms with Crippen LogP contribution in [-0.2, 0) is 24.2 Å².